The quantitative estimate of drug-likeness (QED) is 0.828. The van der Waals surface area contributed by atoms with E-state index in [-0.39, 0.29) is 11.9 Å². The summed E-state index contributed by atoms with van der Waals surface area (Å²) in [6.45, 7) is 7.83. The Morgan fingerprint density at radius 2 is 2.00 bits per heavy atom. The molecule has 0 bridgehead atoms. The number of carbonyl (C=O) groups excluding carboxylic acids is 1. The van der Waals surface area contributed by atoms with Crippen LogP contribution < -0.4 is 10.2 Å². The minimum atomic E-state index is 0.0922. The molecule has 3 rings (SSSR count). The SMILES string of the molecule is CC(C)NC(=O)CN1CCN(c2cc(Cl)nc(C3CC3)n2)CC1. The van der Waals surface area contributed by atoms with Gasteiger partial charge in [0.2, 0.25) is 5.91 Å². The Balaban J connectivity index is 1.55. The van der Waals surface area contributed by atoms with Gasteiger partial charge in [-0.1, -0.05) is 11.6 Å². The van der Waals surface area contributed by atoms with Gasteiger partial charge in [0.25, 0.3) is 0 Å². The standard InChI is InChI=1S/C16H24ClN5O/c1-11(2)18-15(23)10-21-5-7-22(8-6-21)14-9-13(17)19-16(20-14)12-3-4-12/h9,11-12H,3-8,10H2,1-2H3,(H,18,23). The van der Waals surface area contributed by atoms with Crippen molar-refractivity contribution in [3.05, 3.63) is 17.0 Å². The Bertz CT molecular complexity index is 568. The second-order valence-electron chi connectivity index (χ2n) is 6.67. The normalized spacial score (nSPS) is 19.2. The molecule has 2 aliphatic rings. The summed E-state index contributed by atoms with van der Waals surface area (Å²) in [4.78, 5) is 25.3. The van der Waals surface area contributed by atoms with Gasteiger partial charge in [-0.05, 0) is 26.7 Å². The first-order chi connectivity index (χ1) is 11.0. The van der Waals surface area contributed by atoms with Crippen LogP contribution in [0.5, 0.6) is 0 Å². The molecule has 23 heavy (non-hydrogen) atoms. The molecule has 7 heteroatoms. The molecule has 6 nitrogen and oxygen atoms in total. The zero-order valence-corrected chi connectivity index (χ0v) is 14.5. The highest BCUT2D eigenvalue weighted by atomic mass is 35.5. The third-order valence-corrected chi connectivity index (χ3v) is 4.35. The largest absolute Gasteiger partial charge is 0.354 e. The van der Waals surface area contributed by atoms with E-state index >= 15 is 0 Å². The summed E-state index contributed by atoms with van der Waals surface area (Å²) in [7, 11) is 0. The van der Waals surface area contributed by atoms with Crippen molar-refractivity contribution in [3.8, 4) is 0 Å². The number of halogens is 1. The van der Waals surface area contributed by atoms with Gasteiger partial charge in [-0.15, -0.1) is 0 Å². The molecule has 126 valence electrons. The molecule has 1 amide bonds. The predicted molar refractivity (Wildman–Crippen MR) is 90.9 cm³/mol. The Morgan fingerprint density at radius 1 is 1.30 bits per heavy atom. The highest BCUT2D eigenvalue weighted by Gasteiger charge is 2.28. The summed E-state index contributed by atoms with van der Waals surface area (Å²) in [5, 5.41) is 3.46. The summed E-state index contributed by atoms with van der Waals surface area (Å²) in [5.41, 5.74) is 0. The number of rotatable bonds is 5. The zero-order valence-electron chi connectivity index (χ0n) is 13.8. The van der Waals surface area contributed by atoms with E-state index in [9.17, 15) is 4.79 Å². The lowest BCUT2D eigenvalue weighted by molar-refractivity contribution is -0.122. The average Bonchev–Trinajstić information content (AvgIpc) is 3.31. The molecule has 0 radical (unpaired) electrons. The van der Waals surface area contributed by atoms with Crippen LogP contribution in [-0.2, 0) is 4.79 Å². The van der Waals surface area contributed by atoms with Gasteiger partial charge in [0.15, 0.2) is 0 Å². The summed E-state index contributed by atoms with van der Waals surface area (Å²) in [6, 6.07) is 2.03. The highest BCUT2D eigenvalue weighted by molar-refractivity contribution is 6.29. The molecule has 1 aromatic heterocycles. The smallest absolute Gasteiger partial charge is 0.234 e. The van der Waals surface area contributed by atoms with Crippen LogP contribution in [-0.4, -0.2) is 59.5 Å². The fraction of sp³-hybridized carbons (Fsp3) is 0.688. The monoisotopic (exact) mass is 337 g/mol. The van der Waals surface area contributed by atoms with Crippen LogP contribution in [0.25, 0.3) is 0 Å². The molecule has 0 aromatic carbocycles. The number of aromatic nitrogens is 2. The summed E-state index contributed by atoms with van der Waals surface area (Å²) >= 11 is 6.15. The minimum Gasteiger partial charge on any atom is -0.354 e. The molecule has 1 aliphatic heterocycles. The number of piperazine rings is 1. The van der Waals surface area contributed by atoms with Gasteiger partial charge in [-0.2, -0.15) is 0 Å². The number of hydrogen-bond donors (Lipinski definition) is 1. The van der Waals surface area contributed by atoms with Crippen molar-refractivity contribution < 1.29 is 4.79 Å². The molecule has 2 fully saturated rings. The molecule has 1 aliphatic carbocycles. The molecule has 0 unspecified atom stereocenters. The third-order valence-electron chi connectivity index (χ3n) is 4.15. The van der Waals surface area contributed by atoms with E-state index in [1.54, 1.807) is 0 Å². The molecular formula is C16H24ClN5O. The second kappa shape index (κ2) is 7.01. The lowest BCUT2D eigenvalue weighted by Gasteiger charge is -2.35. The number of nitrogens with zero attached hydrogens (tertiary/aromatic N) is 4. The molecule has 2 heterocycles. The van der Waals surface area contributed by atoms with Crippen LogP contribution in [0, 0.1) is 0 Å². The van der Waals surface area contributed by atoms with E-state index in [0.717, 1.165) is 37.8 Å². The number of nitrogens with one attached hydrogen (secondary N) is 1. The van der Waals surface area contributed by atoms with E-state index in [0.29, 0.717) is 17.6 Å². The summed E-state index contributed by atoms with van der Waals surface area (Å²) in [6.07, 6.45) is 2.33. The van der Waals surface area contributed by atoms with Gasteiger partial charge in [-0.25, -0.2) is 9.97 Å². The minimum absolute atomic E-state index is 0.0922. The maximum Gasteiger partial charge on any atom is 0.234 e. The van der Waals surface area contributed by atoms with Gasteiger partial charge in [0.1, 0.15) is 16.8 Å². The molecule has 0 spiro atoms. The van der Waals surface area contributed by atoms with Crippen molar-refractivity contribution >= 4 is 23.3 Å². The highest BCUT2D eigenvalue weighted by Crippen LogP contribution is 2.39. The van der Waals surface area contributed by atoms with Crippen LogP contribution in [0.4, 0.5) is 5.82 Å². The van der Waals surface area contributed by atoms with E-state index in [4.69, 9.17) is 11.6 Å². The molecule has 1 saturated carbocycles. The zero-order chi connectivity index (χ0) is 16.4. The average molecular weight is 338 g/mol. The Kier molecular flexibility index (Phi) is 5.02. The van der Waals surface area contributed by atoms with Crippen molar-refractivity contribution in [2.45, 2.75) is 38.6 Å². The van der Waals surface area contributed by atoms with Crippen molar-refractivity contribution in [3.63, 3.8) is 0 Å². The number of hydrogen-bond acceptors (Lipinski definition) is 5. The van der Waals surface area contributed by atoms with Gasteiger partial charge in [0.05, 0.1) is 6.54 Å². The fourth-order valence-corrected chi connectivity index (χ4v) is 3.00. The number of amides is 1. The number of anilines is 1. The third kappa shape index (κ3) is 4.54. The van der Waals surface area contributed by atoms with E-state index in [1.165, 1.54) is 12.8 Å². The van der Waals surface area contributed by atoms with Crippen molar-refractivity contribution in [2.24, 2.45) is 0 Å². The lowest BCUT2D eigenvalue weighted by Crippen LogP contribution is -2.50. The predicted octanol–water partition coefficient (Wildman–Crippen LogP) is 1.65. The topological polar surface area (TPSA) is 61.4 Å². The molecular weight excluding hydrogens is 314 g/mol. The van der Waals surface area contributed by atoms with E-state index in [2.05, 4.69) is 25.1 Å². The molecule has 1 aromatic rings. The summed E-state index contributed by atoms with van der Waals surface area (Å²) < 4.78 is 0. The van der Waals surface area contributed by atoms with Gasteiger partial charge in [0, 0.05) is 44.2 Å². The van der Waals surface area contributed by atoms with E-state index in [1.807, 2.05) is 19.9 Å². The van der Waals surface area contributed by atoms with Gasteiger partial charge < -0.3 is 10.2 Å². The van der Waals surface area contributed by atoms with Crippen LogP contribution in [0.1, 0.15) is 38.4 Å². The Hall–Kier alpha value is -1.40. The maximum atomic E-state index is 11.8. The lowest BCUT2D eigenvalue weighted by atomic mass is 10.3. The molecule has 0 atom stereocenters. The first-order valence-corrected chi connectivity index (χ1v) is 8.70. The van der Waals surface area contributed by atoms with Crippen LogP contribution in [0.2, 0.25) is 5.15 Å². The molecule has 1 saturated heterocycles. The van der Waals surface area contributed by atoms with E-state index < -0.39 is 0 Å². The first-order valence-electron chi connectivity index (χ1n) is 8.32. The fourth-order valence-electron chi connectivity index (χ4n) is 2.81. The van der Waals surface area contributed by atoms with Crippen LogP contribution >= 0.6 is 11.6 Å². The Labute approximate surface area is 142 Å². The maximum absolute atomic E-state index is 11.8. The van der Waals surface area contributed by atoms with Crippen LogP contribution in [0.15, 0.2) is 6.07 Å². The van der Waals surface area contributed by atoms with Crippen LogP contribution in [0.3, 0.4) is 0 Å². The van der Waals surface area contributed by atoms with Gasteiger partial charge in [-0.3, -0.25) is 9.69 Å². The first kappa shape index (κ1) is 16.5. The van der Waals surface area contributed by atoms with Crippen molar-refractivity contribution in [1.82, 2.24) is 20.2 Å². The summed E-state index contributed by atoms with van der Waals surface area (Å²) in [5.74, 6) is 2.38. The Morgan fingerprint density at radius 3 is 2.61 bits per heavy atom. The number of carbonyl (C=O) groups is 1. The molecule has 1 N–H and O–H groups in total. The van der Waals surface area contributed by atoms with Crippen molar-refractivity contribution in [1.29, 1.82) is 0 Å². The van der Waals surface area contributed by atoms with Gasteiger partial charge >= 0.3 is 0 Å². The second-order valence-corrected chi connectivity index (χ2v) is 7.05. The van der Waals surface area contributed by atoms with Crippen molar-refractivity contribution in [2.75, 3.05) is 37.6 Å².